The Labute approximate surface area is 100 Å². The molecule has 0 fully saturated rings. The third kappa shape index (κ3) is 2.76. The first kappa shape index (κ1) is 16.5. The quantitative estimate of drug-likeness (QED) is 0.312. The van der Waals surface area contributed by atoms with Crippen molar-refractivity contribution in [2.24, 2.45) is 0 Å². The number of hydrogen-bond donors (Lipinski definition) is 4. The smallest absolute Gasteiger partial charge is 0.408 e. The largest absolute Gasteiger partial charge is 0.479 e. The Morgan fingerprint density at radius 1 is 1.20 bits per heavy atom. The van der Waals surface area contributed by atoms with E-state index in [2.05, 4.69) is 12.6 Å². The fourth-order valence-corrected chi connectivity index (χ4v) is 1.27. The molecule has 0 aliphatic heterocycles. The zero-order valence-electron chi connectivity index (χ0n) is 7.48. The Bertz CT molecular complexity index is 269. The fourth-order valence-electron chi connectivity index (χ4n) is 0.783. The third-order valence-electron chi connectivity index (χ3n) is 1.80. The first-order valence-corrected chi connectivity index (χ1v) is 3.98. The normalized spacial score (nSPS) is 10.0. The van der Waals surface area contributed by atoms with Crippen LogP contribution in [0.4, 0.5) is 4.79 Å². The van der Waals surface area contributed by atoms with Crippen molar-refractivity contribution in [3.63, 3.8) is 0 Å². The van der Waals surface area contributed by atoms with Crippen molar-refractivity contribution in [2.75, 3.05) is 12.8 Å². The zero-order chi connectivity index (χ0) is 11.5. The van der Waals surface area contributed by atoms with Crippen LogP contribution in [0.3, 0.4) is 0 Å². The van der Waals surface area contributed by atoms with Crippen LogP contribution in [-0.2, 0) is 26.1 Å². The number of likely N-dealkylation sites (N-methyl/N-ethyl adjacent to an activating group) is 1. The van der Waals surface area contributed by atoms with Gasteiger partial charge in [0.05, 0.1) is 0 Å². The van der Waals surface area contributed by atoms with Gasteiger partial charge in [-0.15, -0.1) is 0 Å². The van der Waals surface area contributed by atoms with Gasteiger partial charge in [0.15, 0.2) is 0 Å². The van der Waals surface area contributed by atoms with Crippen LogP contribution in [0.2, 0.25) is 0 Å². The number of thiol groups is 1. The summed E-state index contributed by atoms with van der Waals surface area (Å²) < 4.78 is 0. The predicted molar refractivity (Wildman–Crippen MR) is 47.6 cm³/mol. The van der Waals surface area contributed by atoms with Crippen LogP contribution in [0.25, 0.3) is 0 Å². The van der Waals surface area contributed by atoms with Crippen LogP contribution < -0.4 is 0 Å². The number of hydrogen-bond acceptors (Lipinski definition) is 4. The molecule has 3 N–H and O–H groups in total. The SMILES string of the molecule is CN(C(=O)O)C(CS)(C(=O)O)C(=O)O.[Ni]. The van der Waals surface area contributed by atoms with Crippen molar-refractivity contribution >= 4 is 30.7 Å². The average molecular weight is 282 g/mol. The molecule has 1 amide bonds. The molecule has 0 spiro atoms. The van der Waals surface area contributed by atoms with E-state index in [-0.39, 0.29) is 21.4 Å². The molecular formula is C6H9NNiO6S. The van der Waals surface area contributed by atoms with Gasteiger partial charge in [-0.25, -0.2) is 14.4 Å². The summed E-state index contributed by atoms with van der Waals surface area (Å²) in [6.07, 6.45) is -1.65. The Balaban J connectivity index is 0. The van der Waals surface area contributed by atoms with Gasteiger partial charge in [0, 0.05) is 29.3 Å². The maximum atomic E-state index is 10.7. The van der Waals surface area contributed by atoms with Crippen molar-refractivity contribution in [1.82, 2.24) is 4.90 Å². The van der Waals surface area contributed by atoms with Crippen molar-refractivity contribution in [2.45, 2.75) is 5.54 Å². The average Bonchev–Trinajstić information content (AvgIpc) is 2.04. The van der Waals surface area contributed by atoms with Crippen molar-refractivity contribution in [1.29, 1.82) is 0 Å². The molecule has 0 heterocycles. The van der Waals surface area contributed by atoms with Crippen molar-refractivity contribution in [3.8, 4) is 0 Å². The first-order chi connectivity index (χ1) is 6.30. The van der Waals surface area contributed by atoms with E-state index in [0.717, 1.165) is 7.05 Å². The van der Waals surface area contributed by atoms with Crippen LogP contribution in [0, 0.1) is 0 Å². The molecule has 0 atom stereocenters. The van der Waals surface area contributed by atoms with E-state index >= 15 is 0 Å². The van der Waals surface area contributed by atoms with Gasteiger partial charge in [-0.1, -0.05) is 0 Å². The molecule has 0 aromatic heterocycles. The third-order valence-corrected chi connectivity index (χ3v) is 2.25. The van der Waals surface area contributed by atoms with Gasteiger partial charge in [0.1, 0.15) is 0 Å². The van der Waals surface area contributed by atoms with Crippen LogP contribution in [-0.4, -0.2) is 56.6 Å². The van der Waals surface area contributed by atoms with Crippen LogP contribution >= 0.6 is 12.6 Å². The van der Waals surface area contributed by atoms with E-state index in [1.807, 2.05) is 0 Å². The van der Waals surface area contributed by atoms with E-state index in [1.54, 1.807) is 0 Å². The maximum absolute atomic E-state index is 10.7. The Morgan fingerprint density at radius 2 is 1.53 bits per heavy atom. The second kappa shape index (κ2) is 5.82. The zero-order valence-corrected chi connectivity index (χ0v) is 9.37. The summed E-state index contributed by atoms with van der Waals surface area (Å²) in [5, 5.41) is 25.9. The number of nitrogens with zero attached hydrogens (tertiary/aromatic N) is 1. The number of rotatable bonds is 4. The molecule has 0 rings (SSSR count). The monoisotopic (exact) mass is 281 g/mol. The van der Waals surface area contributed by atoms with Gasteiger partial charge < -0.3 is 15.3 Å². The summed E-state index contributed by atoms with van der Waals surface area (Å²) in [4.78, 5) is 32.1. The number of aliphatic carboxylic acids is 2. The second-order valence-corrected chi connectivity index (χ2v) is 2.79. The molecule has 0 aliphatic carbocycles. The number of carbonyl (C=O) groups is 3. The second-order valence-electron chi connectivity index (χ2n) is 2.47. The van der Waals surface area contributed by atoms with Crippen LogP contribution in [0.1, 0.15) is 0 Å². The molecule has 9 heteroatoms. The van der Waals surface area contributed by atoms with Gasteiger partial charge in [-0.2, -0.15) is 12.6 Å². The minimum absolute atomic E-state index is 0. The summed E-state index contributed by atoms with van der Waals surface area (Å²) in [5.74, 6) is -4.20. The molecule has 7 nitrogen and oxygen atoms in total. The van der Waals surface area contributed by atoms with E-state index in [1.165, 1.54) is 0 Å². The predicted octanol–water partition coefficient (Wildman–Crippen LogP) is -0.569. The molecule has 0 radical (unpaired) electrons. The van der Waals surface area contributed by atoms with E-state index in [9.17, 15) is 14.4 Å². The van der Waals surface area contributed by atoms with Gasteiger partial charge in [0.2, 0.25) is 5.54 Å². The Morgan fingerprint density at radius 3 is 1.60 bits per heavy atom. The maximum Gasteiger partial charge on any atom is 0.408 e. The molecule has 0 saturated carbocycles. The molecule has 0 bridgehead atoms. The number of carboxylic acids is 2. The van der Waals surface area contributed by atoms with Crippen molar-refractivity contribution < 1.29 is 46.2 Å². The van der Waals surface area contributed by atoms with Gasteiger partial charge in [-0.3, -0.25) is 4.90 Å². The standard InChI is InChI=1S/C6H9NO6S.Ni/c1-7(5(12)13)6(2-14,3(8)9)4(10)11;/h14H,2H2,1H3,(H,8,9)(H,10,11)(H,12,13);. The van der Waals surface area contributed by atoms with Crippen LogP contribution in [0.5, 0.6) is 0 Å². The molecule has 0 saturated heterocycles. The minimum Gasteiger partial charge on any atom is -0.479 e. The Hall–Kier alpha value is -0.946. The molecule has 0 unspecified atom stereocenters. The van der Waals surface area contributed by atoms with Gasteiger partial charge in [-0.05, 0) is 0 Å². The topological polar surface area (TPSA) is 115 Å². The van der Waals surface area contributed by atoms with Gasteiger partial charge >= 0.3 is 18.0 Å². The minimum atomic E-state index is -2.55. The van der Waals surface area contributed by atoms with Gasteiger partial charge in [0.25, 0.3) is 0 Å². The summed E-state index contributed by atoms with van der Waals surface area (Å²) >= 11 is 3.55. The number of amides is 1. The molecule has 0 aromatic rings. The van der Waals surface area contributed by atoms with Crippen LogP contribution in [0.15, 0.2) is 0 Å². The fraction of sp³-hybridized carbons (Fsp3) is 0.500. The molecular weight excluding hydrogens is 273 g/mol. The molecule has 90 valence electrons. The van der Waals surface area contributed by atoms with Crippen molar-refractivity contribution in [3.05, 3.63) is 0 Å². The summed E-state index contributed by atoms with van der Waals surface area (Å²) in [6, 6.07) is 0. The molecule has 0 aromatic carbocycles. The summed E-state index contributed by atoms with van der Waals surface area (Å²) in [7, 11) is 0.862. The molecule has 0 aliphatic rings. The first-order valence-electron chi connectivity index (χ1n) is 3.35. The summed E-state index contributed by atoms with van der Waals surface area (Å²) in [6.45, 7) is 0. The van der Waals surface area contributed by atoms with E-state index in [4.69, 9.17) is 15.3 Å². The Kier molecular flexibility index (Phi) is 6.39. The van der Waals surface area contributed by atoms with E-state index < -0.39 is 29.3 Å². The number of carboxylic acid groups (broad SMARTS) is 3. The summed E-state index contributed by atoms with van der Waals surface area (Å²) in [5.41, 5.74) is -2.55. The van der Waals surface area contributed by atoms with E-state index in [0.29, 0.717) is 0 Å². The molecule has 15 heavy (non-hydrogen) atoms.